The van der Waals surface area contributed by atoms with E-state index in [2.05, 4.69) is 0 Å². The first-order valence-corrected chi connectivity index (χ1v) is 5.56. The summed E-state index contributed by atoms with van der Waals surface area (Å²) < 4.78 is 5.67. The highest BCUT2D eigenvalue weighted by Gasteiger charge is 2.00. The van der Waals surface area contributed by atoms with Gasteiger partial charge >= 0.3 is 0 Å². The van der Waals surface area contributed by atoms with E-state index < -0.39 is 0 Å². The summed E-state index contributed by atoms with van der Waals surface area (Å²) in [6, 6.07) is 15.7. The van der Waals surface area contributed by atoms with Crippen LogP contribution in [0.1, 0.15) is 5.56 Å². The number of ether oxygens (including phenoxy) is 1. The Bertz CT molecular complexity index is 485. The molecule has 16 heavy (non-hydrogen) atoms. The van der Waals surface area contributed by atoms with Crippen LogP contribution in [0.5, 0.6) is 5.75 Å². The Kier molecular flexibility index (Phi) is 3.52. The van der Waals surface area contributed by atoms with Crippen LogP contribution in [0, 0.1) is 0 Å². The van der Waals surface area contributed by atoms with Crippen molar-refractivity contribution in [1.29, 1.82) is 0 Å². The zero-order valence-electron chi connectivity index (χ0n) is 9.11. The molecule has 0 aromatic heterocycles. The lowest BCUT2D eigenvalue weighted by Gasteiger charge is -2.08. The molecule has 0 heterocycles. The quantitative estimate of drug-likeness (QED) is 0.735. The monoisotopic (exact) mass is 230 g/mol. The van der Waals surface area contributed by atoms with Gasteiger partial charge < -0.3 is 4.74 Å². The number of benzene rings is 2. The summed E-state index contributed by atoms with van der Waals surface area (Å²) in [4.78, 5) is 0. The van der Waals surface area contributed by atoms with Crippen LogP contribution in [-0.2, 0) is 6.61 Å². The van der Waals surface area contributed by atoms with Gasteiger partial charge in [-0.3, -0.25) is 0 Å². The molecule has 0 N–H and O–H groups in total. The minimum absolute atomic E-state index is 0.503. The molecule has 1 nitrogen and oxygen atoms in total. The number of rotatable bonds is 3. The third-order valence-corrected chi connectivity index (χ3v) is 2.71. The van der Waals surface area contributed by atoms with Crippen LogP contribution >= 0.6 is 11.6 Å². The molecule has 2 rings (SSSR count). The predicted molar refractivity (Wildman–Crippen MR) is 70.4 cm³/mol. The highest BCUT2D eigenvalue weighted by molar-refractivity contribution is 6.32. The number of hydrogen-bond donors (Lipinski definition) is 0. The Morgan fingerprint density at radius 2 is 1.88 bits per heavy atom. The van der Waals surface area contributed by atoms with Gasteiger partial charge in [0.15, 0.2) is 0 Å². The van der Waals surface area contributed by atoms with Crippen molar-refractivity contribution in [3.63, 3.8) is 0 Å². The summed E-state index contributed by atoms with van der Waals surface area (Å²) in [5.41, 5.74) is 2.20. The second kappa shape index (κ2) is 5.08. The van der Waals surface area contributed by atoms with E-state index in [1.807, 2.05) is 56.4 Å². The van der Waals surface area contributed by atoms with Gasteiger partial charge in [0.2, 0.25) is 0 Å². The molecule has 0 aliphatic rings. The van der Waals surface area contributed by atoms with Crippen molar-refractivity contribution >= 4 is 24.9 Å². The van der Waals surface area contributed by atoms with Gasteiger partial charge in [-0.25, -0.2) is 0 Å². The first kappa shape index (κ1) is 11.1. The fraction of sp³-hybridized carbons (Fsp3) is 0.0769. The predicted octanol–water partition coefficient (Wildman–Crippen LogP) is 2.18. The molecule has 3 heteroatoms. The van der Waals surface area contributed by atoms with Gasteiger partial charge in [0.25, 0.3) is 0 Å². The van der Waals surface area contributed by atoms with Crippen LogP contribution in [0.15, 0.2) is 48.5 Å². The van der Waals surface area contributed by atoms with Crippen LogP contribution in [-0.4, -0.2) is 7.85 Å². The van der Waals surface area contributed by atoms with Crippen molar-refractivity contribution in [3.8, 4) is 5.75 Å². The van der Waals surface area contributed by atoms with Gasteiger partial charge in [0.05, 0.1) is 0 Å². The zero-order valence-corrected chi connectivity index (χ0v) is 9.87. The van der Waals surface area contributed by atoms with E-state index in [1.54, 1.807) is 0 Å². The Balaban J connectivity index is 2.05. The molecule has 0 radical (unpaired) electrons. The first-order chi connectivity index (χ1) is 7.75. The van der Waals surface area contributed by atoms with Crippen LogP contribution < -0.4 is 10.2 Å². The molecule has 0 saturated carbocycles. The zero-order chi connectivity index (χ0) is 11.4. The molecule has 0 atom stereocenters. The average Bonchev–Trinajstić information content (AvgIpc) is 2.28. The maximum absolute atomic E-state index is 6.04. The van der Waals surface area contributed by atoms with E-state index >= 15 is 0 Å². The molecule has 0 saturated heterocycles. The topological polar surface area (TPSA) is 9.23 Å². The molecule has 0 aliphatic carbocycles. The van der Waals surface area contributed by atoms with E-state index in [-0.39, 0.29) is 0 Å². The van der Waals surface area contributed by atoms with Crippen LogP contribution in [0.3, 0.4) is 0 Å². The van der Waals surface area contributed by atoms with Crippen LogP contribution in [0.4, 0.5) is 0 Å². The van der Waals surface area contributed by atoms with Crippen LogP contribution in [0.2, 0.25) is 5.02 Å². The molecular weight excluding hydrogens is 218 g/mol. The molecule has 2 aromatic rings. The van der Waals surface area contributed by atoms with Crippen molar-refractivity contribution < 1.29 is 4.74 Å². The van der Waals surface area contributed by atoms with Crippen molar-refractivity contribution in [2.24, 2.45) is 0 Å². The SMILES string of the molecule is Bc1cccc(OCc2ccccc2Cl)c1. The van der Waals surface area contributed by atoms with Crippen molar-refractivity contribution in [1.82, 2.24) is 0 Å². The molecule has 0 fully saturated rings. The van der Waals surface area contributed by atoms with Gasteiger partial charge in [-0.05, 0) is 18.2 Å². The van der Waals surface area contributed by atoms with Crippen LogP contribution in [0.25, 0.3) is 0 Å². The molecule has 0 aliphatic heterocycles. The summed E-state index contributed by atoms with van der Waals surface area (Å²) in [5.74, 6) is 0.875. The Morgan fingerprint density at radius 1 is 1.06 bits per heavy atom. The Labute approximate surface area is 101 Å². The maximum atomic E-state index is 6.04. The summed E-state index contributed by atoms with van der Waals surface area (Å²) >= 11 is 6.04. The van der Waals surface area contributed by atoms with E-state index in [0.29, 0.717) is 6.61 Å². The van der Waals surface area contributed by atoms with Crippen molar-refractivity contribution in [2.45, 2.75) is 6.61 Å². The third-order valence-electron chi connectivity index (χ3n) is 2.34. The molecule has 0 amide bonds. The minimum Gasteiger partial charge on any atom is -0.489 e. The highest BCUT2D eigenvalue weighted by atomic mass is 35.5. The number of halogens is 1. The Morgan fingerprint density at radius 3 is 2.62 bits per heavy atom. The second-order valence-electron chi connectivity index (χ2n) is 3.70. The van der Waals surface area contributed by atoms with Crippen molar-refractivity contribution in [3.05, 3.63) is 59.1 Å². The second-order valence-corrected chi connectivity index (χ2v) is 4.10. The molecule has 2 aromatic carbocycles. The summed E-state index contributed by atoms with van der Waals surface area (Å²) in [6.07, 6.45) is 0. The van der Waals surface area contributed by atoms with E-state index in [0.717, 1.165) is 16.3 Å². The molecule has 80 valence electrons. The molecular formula is C13H12BClO. The number of hydrogen-bond acceptors (Lipinski definition) is 1. The third kappa shape index (κ3) is 2.80. The maximum Gasteiger partial charge on any atom is 0.139 e. The van der Waals surface area contributed by atoms with E-state index in [1.165, 1.54) is 5.46 Å². The van der Waals surface area contributed by atoms with Crippen molar-refractivity contribution in [2.75, 3.05) is 0 Å². The fourth-order valence-corrected chi connectivity index (χ4v) is 1.67. The lowest BCUT2D eigenvalue weighted by molar-refractivity contribution is 0.306. The molecule has 0 bridgehead atoms. The van der Waals surface area contributed by atoms with Gasteiger partial charge in [0, 0.05) is 10.6 Å². The highest BCUT2D eigenvalue weighted by Crippen LogP contribution is 2.17. The average molecular weight is 231 g/mol. The molecule has 0 spiro atoms. The lowest BCUT2D eigenvalue weighted by Crippen LogP contribution is -2.03. The summed E-state index contributed by atoms with van der Waals surface area (Å²) in [7, 11) is 2.04. The van der Waals surface area contributed by atoms with Gasteiger partial charge in [-0.15, -0.1) is 0 Å². The normalized spacial score (nSPS) is 10.1. The summed E-state index contributed by atoms with van der Waals surface area (Å²) in [6.45, 7) is 0.503. The van der Waals surface area contributed by atoms with Gasteiger partial charge in [-0.2, -0.15) is 0 Å². The summed E-state index contributed by atoms with van der Waals surface area (Å²) in [5, 5.41) is 0.746. The van der Waals surface area contributed by atoms with E-state index in [9.17, 15) is 0 Å². The van der Waals surface area contributed by atoms with E-state index in [4.69, 9.17) is 16.3 Å². The van der Waals surface area contributed by atoms with Gasteiger partial charge in [-0.1, -0.05) is 47.4 Å². The lowest BCUT2D eigenvalue weighted by atomic mass is 9.96. The largest absolute Gasteiger partial charge is 0.489 e. The fourth-order valence-electron chi connectivity index (χ4n) is 1.48. The smallest absolute Gasteiger partial charge is 0.139 e. The molecule has 0 unspecified atom stereocenters. The first-order valence-electron chi connectivity index (χ1n) is 5.18. The standard InChI is InChI=1S/C13H12BClO/c14-11-5-3-6-12(8-11)16-9-10-4-1-2-7-13(10)15/h1-8H,9,14H2. The minimum atomic E-state index is 0.503. The van der Waals surface area contributed by atoms with Gasteiger partial charge in [0.1, 0.15) is 20.2 Å². The Hall–Kier alpha value is -1.41.